The quantitative estimate of drug-likeness (QED) is 0.319. The van der Waals surface area contributed by atoms with Crippen LogP contribution in [0.15, 0.2) is 0 Å². The van der Waals surface area contributed by atoms with E-state index >= 15 is 0 Å². The molecule has 1 heterocycles. The highest BCUT2D eigenvalue weighted by molar-refractivity contribution is 6.13. The zero-order valence-electron chi connectivity index (χ0n) is 12.0. The van der Waals surface area contributed by atoms with Crippen LogP contribution in [0.5, 0.6) is 0 Å². The molecule has 0 aliphatic carbocycles. The van der Waals surface area contributed by atoms with Gasteiger partial charge >= 0.3 is 18.0 Å². The number of amides is 1. The highest BCUT2D eigenvalue weighted by Crippen LogP contribution is 2.44. The first kappa shape index (κ1) is 15.3. The molecular weight excluding hydrogens is 254 g/mol. The van der Waals surface area contributed by atoms with Crippen LogP contribution in [0.3, 0.4) is 0 Å². The standard InChI is InChI=1S/C12H19NO6/c1-7-12(8(14)17-5,9(15)18-6)13(7)10(16)19-11(2,3)4/h7H,1-6H3. The molecule has 7 heteroatoms. The number of hydrogen-bond acceptors (Lipinski definition) is 6. The fourth-order valence-electron chi connectivity index (χ4n) is 1.97. The van der Waals surface area contributed by atoms with Gasteiger partial charge in [0.25, 0.3) is 5.54 Å². The molecule has 0 N–H and O–H groups in total. The van der Waals surface area contributed by atoms with Gasteiger partial charge in [-0.25, -0.2) is 14.4 Å². The van der Waals surface area contributed by atoms with Crippen molar-refractivity contribution in [3.05, 3.63) is 0 Å². The van der Waals surface area contributed by atoms with Crippen molar-refractivity contribution in [2.75, 3.05) is 14.2 Å². The Kier molecular flexibility index (Phi) is 3.79. The summed E-state index contributed by atoms with van der Waals surface area (Å²) in [6, 6.07) is -0.665. The number of nitrogens with zero attached hydrogens (tertiary/aromatic N) is 1. The van der Waals surface area contributed by atoms with Crippen LogP contribution in [0.2, 0.25) is 0 Å². The Hall–Kier alpha value is -1.79. The second-order valence-corrected chi connectivity index (χ2v) is 5.28. The van der Waals surface area contributed by atoms with Crippen molar-refractivity contribution in [1.29, 1.82) is 0 Å². The molecule has 0 aromatic carbocycles. The van der Waals surface area contributed by atoms with E-state index in [0.717, 1.165) is 19.1 Å². The molecule has 0 aromatic heterocycles. The molecule has 1 atom stereocenters. The maximum atomic E-state index is 12.0. The topological polar surface area (TPSA) is 81.9 Å². The number of carbonyl (C=O) groups excluding carboxylic acids is 3. The molecule has 0 bridgehead atoms. The monoisotopic (exact) mass is 273 g/mol. The minimum Gasteiger partial charge on any atom is -0.467 e. The van der Waals surface area contributed by atoms with Crippen LogP contribution in [0, 0.1) is 0 Å². The van der Waals surface area contributed by atoms with Gasteiger partial charge in [0.15, 0.2) is 0 Å². The van der Waals surface area contributed by atoms with Crippen molar-refractivity contribution < 1.29 is 28.6 Å². The molecule has 0 radical (unpaired) electrons. The van der Waals surface area contributed by atoms with Gasteiger partial charge in [-0.3, -0.25) is 4.90 Å². The summed E-state index contributed by atoms with van der Waals surface area (Å²) in [5.74, 6) is -1.67. The Morgan fingerprint density at radius 1 is 1.05 bits per heavy atom. The predicted octanol–water partition coefficient (Wildman–Crippen LogP) is 0.710. The van der Waals surface area contributed by atoms with Crippen LogP contribution in [-0.4, -0.2) is 54.3 Å². The van der Waals surface area contributed by atoms with Gasteiger partial charge < -0.3 is 14.2 Å². The molecule has 1 amide bonds. The fraction of sp³-hybridized carbons (Fsp3) is 0.750. The lowest BCUT2D eigenvalue weighted by Gasteiger charge is -2.21. The van der Waals surface area contributed by atoms with E-state index in [4.69, 9.17) is 4.74 Å². The molecule has 1 saturated heterocycles. The van der Waals surface area contributed by atoms with Crippen LogP contribution in [-0.2, 0) is 23.8 Å². The maximum Gasteiger partial charge on any atom is 0.412 e. The second-order valence-electron chi connectivity index (χ2n) is 5.28. The van der Waals surface area contributed by atoms with Crippen molar-refractivity contribution in [3.63, 3.8) is 0 Å². The maximum absolute atomic E-state index is 12.0. The van der Waals surface area contributed by atoms with E-state index in [1.165, 1.54) is 0 Å². The van der Waals surface area contributed by atoms with Crippen LogP contribution in [0.1, 0.15) is 27.7 Å². The van der Waals surface area contributed by atoms with Gasteiger partial charge in [0.1, 0.15) is 5.60 Å². The van der Waals surface area contributed by atoms with Gasteiger partial charge in [0, 0.05) is 0 Å². The number of carbonyl (C=O) groups is 3. The van der Waals surface area contributed by atoms with Gasteiger partial charge in [-0.15, -0.1) is 0 Å². The molecular formula is C12H19NO6. The first-order valence-electron chi connectivity index (χ1n) is 5.82. The first-order valence-corrected chi connectivity index (χ1v) is 5.82. The summed E-state index contributed by atoms with van der Waals surface area (Å²) in [5.41, 5.74) is -2.46. The van der Waals surface area contributed by atoms with E-state index in [2.05, 4.69) is 9.47 Å². The molecule has 108 valence electrons. The molecule has 7 nitrogen and oxygen atoms in total. The minimum atomic E-state index is -1.73. The van der Waals surface area contributed by atoms with Crippen LogP contribution >= 0.6 is 0 Å². The molecule has 0 spiro atoms. The Morgan fingerprint density at radius 2 is 1.47 bits per heavy atom. The number of ether oxygens (including phenoxy) is 3. The summed E-state index contributed by atoms with van der Waals surface area (Å²) in [6.45, 7) is 6.63. The summed E-state index contributed by atoms with van der Waals surface area (Å²) >= 11 is 0. The minimum absolute atomic E-state index is 0.665. The third kappa shape index (κ3) is 2.36. The zero-order valence-corrected chi connectivity index (χ0v) is 12.0. The average Bonchev–Trinajstić information content (AvgIpc) is 2.92. The summed E-state index contributed by atoms with van der Waals surface area (Å²) in [7, 11) is 2.29. The smallest absolute Gasteiger partial charge is 0.412 e. The third-order valence-electron chi connectivity index (χ3n) is 2.89. The number of rotatable bonds is 2. The summed E-state index contributed by atoms with van der Waals surface area (Å²) < 4.78 is 14.3. The van der Waals surface area contributed by atoms with E-state index in [1.54, 1.807) is 27.7 Å². The van der Waals surface area contributed by atoms with E-state index < -0.39 is 35.2 Å². The summed E-state index contributed by atoms with van der Waals surface area (Å²) in [5, 5.41) is 0. The van der Waals surface area contributed by atoms with Crippen molar-refractivity contribution in [2.24, 2.45) is 0 Å². The molecule has 1 unspecified atom stereocenters. The fourth-order valence-corrected chi connectivity index (χ4v) is 1.97. The van der Waals surface area contributed by atoms with Crippen molar-refractivity contribution in [3.8, 4) is 0 Å². The highest BCUT2D eigenvalue weighted by atomic mass is 16.6. The molecule has 1 aliphatic heterocycles. The van der Waals surface area contributed by atoms with E-state index in [9.17, 15) is 14.4 Å². The normalized spacial score (nSPS) is 20.5. The number of esters is 2. The Morgan fingerprint density at radius 3 is 1.79 bits per heavy atom. The first-order chi connectivity index (χ1) is 8.62. The average molecular weight is 273 g/mol. The summed E-state index contributed by atoms with van der Waals surface area (Å²) in [4.78, 5) is 36.6. The molecule has 19 heavy (non-hydrogen) atoms. The zero-order chi connectivity index (χ0) is 15.0. The number of methoxy groups -OCH3 is 2. The molecule has 1 rings (SSSR count). The van der Waals surface area contributed by atoms with E-state index in [0.29, 0.717) is 0 Å². The number of hydrogen-bond donors (Lipinski definition) is 0. The Balaban J connectivity index is 3.01. The molecule has 1 fully saturated rings. The molecule has 0 saturated carbocycles. The molecule has 1 aliphatic rings. The lowest BCUT2D eigenvalue weighted by Crippen LogP contribution is -2.43. The Labute approximate surface area is 111 Å². The van der Waals surface area contributed by atoms with Gasteiger partial charge in [-0.1, -0.05) is 0 Å². The van der Waals surface area contributed by atoms with Crippen molar-refractivity contribution in [2.45, 2.75) is 44.9 Å². The second kappa shape index (κ2) is 4.71. The summed E-state index contributed by atoms with van der Waals surface area (Å²) in [6.07, 6.45) is -0.754. The van der Waals surface area contributed by atoms with Gasteiger partial charge in [0.2, 0.25) is 0 Å². The van der Waals surface area contributed by atoms with E-state index in [1.807, 2.05) is 0 Å². The molecule has 0 aromatic rings. The predicted molar refractivity (Wildman–Crippen MR) is 64.3 cm³/mol. The van der Waals surface area contributed by atoms with Crippen LogP contribution in [0.4, 0.5) is 4.79 Å². The largest absolute Gasteiger partial charge is 0.467 e. The van der Waals surface area contributed by atoms with E-state index in [-0.39, 0.29) is 0 Å². The lowest BCUT2D eigenvalue weighted by molar-refractivity contribution is -0.158. The van der Waals surface area contributed by atoms with Gasteiger partial charge in [-0.2, -0.15) is 0 Å². The third-order valence-corrected chi connectivity index (χ3v) is 2.89. The van der Waals surface area contributed by atoms with Crippen LogP contribution in [0.25, 0.3) is 0 Å². The van der Waals surface area contributed by atoms with Crippen molar-refractivity contribution >= 4 is 18.0 Å². The van der Waals surface area contributed by atoms with Gasteiger partial charge in [0.05, 0.1) is 20.3 Å². The lowest BCUT2D eigenvalue weighted by atomic mass is 10.1. The Bertz CT molecular complexity index is 395. The SMILES string of the molecule is COC(=O)C1(C(=O)OC)C(C)N1C(=O)OC(C)(C)C. The van der Waals surface area contributed by atoms with Crippen molar-refractivity contribution in [1.82, 2.24) is 4.90 Å². The van der Waals surface area contributed by atoms with Crippen LogP contribution < -0.4 is 0 Å². The highest BCUT2D eigenvalue weighted by Gasteiger charge is 2.76. The van der Waals surface area contributed by atoms with Gasteiger partial charge in [-0.05, 0) is 27.7 Å².